The number of pyridine rings is 1. The van der Waals surface area contributed by atoms with E-state index < -0.39 is 0 Å². The SMILES string of the molecule is CCCCOCCOCCOc1ccc(C=O)cn1. The van der Waals surface area contributed by atoms with E-state index in [0.29, 0.717) is 37.9 Å². The maximum absolute atomic E-state index is 10.4. The molecule has 0 aliphatic heterocycles. The van der Waals surface area contributed by atoms with Crippen LogP contribution in [0.1, 0.15) is 30.1 Å². The van der Waals surface area contributed by atoms with E-state index in [1.807, 2.05) is 0 Å². The molecule has 0 unspecified atom stereocenters. The summed E-state index contributed by atoms with van der Waals surface area (Å²) >= 11 is 0. The number of ether oxygens (including phenoxy) is 3. The fourth-order valence-corrected chi connectivity index (χ4v) is 1.32. The molecule has 1 aromatic rings. The Morgan fingerprint density at radius 2 is 1.84 bits per heavy atom. The van der Waals surface area contributed by atoms with Crippen molar-refractivity contribution in [3.63, 3.8) is 0 Å². The van der Waals surface area contributed by atoms with Crippen LogP contribution in [-0.4, -0.2) is 44.3 Å². The van der Waals surface area contributed by atoms with Crippen molar-refractivity contribution in [3.8, 4) is 5.88 Å². The van der Waals surface area contributed by atoms with Gasteiger partial charge in [-0.15, -0.1) is 0 Å². The fraction of sp³-hybridized carbons (Fsp3) is 0.571. The third kappa shape index (κ3) is 7.54. The van der Waals surface area contributed by atoms with Gasteiger partial charge in [-0.2, -0.15) is 0 Å². The van der Waals surface area contributed by atoms with Gasteiger partial charge >= 0.3 is 0 Å². The third-order valence-electron chi connectivity index (χ3n) is 2.39. The molecule has 0 bridgehead atoms. The van der Waals surface area contributed by atoms with E-state index in [-0.39, 0.29) is 0 Å². The zero-order valence-corrected chi connectivity index (χ0v) is 11.3. The lowest BCUT2D eigenvalue weighted by Gasteiger charge is -2.07. The van der Waals surface area contributed by atoms with Crippen LogP contribution in [0.2, 0.25) is 0 Å². The van der Waals surface area contributed by atoms with Gasteiger partial charge in [-0.1, -0.05) is 13.3 Å². The number of carbonyl (C=O) groups excluding carboxylic acids is 1. The molecule has 5 nitrogen and oxygen atoms in total. The molecular weight excluding hydrogens is 246 g/mol. The molecule has 1 heterocycles. The Bertz CT molecular complexity index is 340. The lowest BCUT2D eigenvalue weighted by atomic mass is 10.3. The summed E-state index contributed by atoms with van der Waals surface area (Å²) in [4.78, 5) is 14.4. The van der Waals surface area contributed by atoms with Gasteiger partial charge in [0, 0.05) is 24.4 Å². The lowest BCUT2D eigenvalue weighted by molar-refractivity contribution is 0.0350. The van der Waals surface area contributed by atoms with Crippen molar-refractivity contribution in [1.82, 2.24) is 4.98 Å². The van der Waals surface area contributed by atoms with Gasteiger partial charge in [0.2, 0.25) is 5.88 Å². The Kier molecular flexibility index (Phi) is 8.59. The van der Waals surface area contributed by atoms with Crippen LogP contribution in [0.15, 0.2) is 18.3 Å². The van der Waals surface area contributed by atoms with Gasteiger partial charge in [-0.3, -0.25) is 4.79 Å². The van der Waals surface area contributed by atoms with Crippen molar-refractivity contribution < 1.29 is 19.0 Å². The molecule has 0 saturated heterocycles. The largest absolute Gasteiger partial charge is 0.475 e. The summed E-state index contributed by atoms with van der Waals surface area (Å²) in [7, 11) is 0. The van der Waals surface area contributed by atoms with Crippen molar-refractivity contribution in [2.75, 3.05) is 33.0 Å². The molecule has 0 saturated carbocycles. The molecule has 0 atom stereocenters. The van der Waals surface area contributed by atoms with Crippen LogP contribution in [0.25, 0.3) is 0 Å². The smallest absolute Gasteiger partial charge is 0.213 e. The number of hydrogen-bond donors (Lipinski definition) is 0. The van der Waals surface area contributed by atoms with Gasteiger partial charge in [0.1, 0.15) is 6.61 Å². The first kappa shape index (κ1) is 15.6. The number of nitrogens with zero attached hydrogens (tertiary/aromatic N) is 1. The van der Waals surface area contributed by atoms with Gasteiger partial charge in [0.25, 0.3) is 0 Å². The summed E-state index contributed by atoms with van der Waals surface area (Å²) < 4.78 is 16.1. The Hall–Kier alpha value is -1.46. The van der Waals surface area contributed by atoms with E-state index in [0.717, 1.165) is 25.7 Å². The van der Waals surface area contributed by atoms with Crippen LogP contribution in [0.3, 0.4) is 0 Å². The van der Waals surface area contributed by atoms with E-state index in [1.165, 1.54) is 6.20 Å². The van der Waals surface area contributed by atoms with Crippen LogP contribution in [-0.2, 0) is 9.47 Å². The highest BCUT2D eigenvalue weighted by molar-refractivity contribution is 5.73. The molecule has 0 radical (unpaired) electrons. The predicted octanol–water partition coefficient (Wildman–Crippen LogP) is 2.11. The van der Waals surface area contributed by atoms with E-state index in [2.05, 4.69) is 11.9 Å². The molecule has 0 fully saturated rings. The maximum Gasteiger partial charge on any atom is 0.213 e. The molecular formula is C14H21NO4. The lowest BCUT2D eigenvalue weighted by Crippen LogP contribution is -2.11. The summed E-state index contributed by atoms with van der Waals surface area (Å²) in [6, 6.07) is 3.33. The number of rotatable bonds is 11. The minimum absolute atomic E-state index is 0.433. The van der Waals surface area contributed by atoms with E-state index >= 15 is 0 Å². The normalized spacial score (nSPS) is 10.4. The molecule has 1 aromatic heterocycles. The zero-order chi connectivity index (χ0) is 13.8. The number of hydrogen-bond acceptors (Lipinski definition) is 5. The Morgan fingerprint density at radius 3 is 2.47 bits per heavy atom. The zero-order valence-electron chi connectivity index (χ0n) is 11.3. The first-order chi connectivity index (χ1) is 9.36. The monoisotopic (exact) mass is 267 g/mol. The molecule has 0 aliphatic carbocycles. The molecule has 0 N–H and O–H groups in total. The summed E-state index contributed by atoms with van der Waals surface area (Å²) in [6.07, 6.45) is 4.46. The number of carbonyl (C=O) groups is 1. The second kappa shape index (κ2) is 10.5. The molecule has 0 amide bonds. The second-order valence-electron chi connectivity index (χ2n) is 3.97. The van der Waals surface area contributed by atoms with Gasteiger partial charge in [-0.05, 0) is 12.5 Å². The quantitative estimate of drug-likeness (QED) is 0.454. The van der Waals surface area contributed by atoms with Gasteiger partial charge in [0.05, 0.1) is 19.8 Å². The second-order valence-corrected chi connectivity index (χ2v) is 3.97. The average molecular weight is 267 g/mol. The molecule has 0 aromatic carbocycles. The van der Waals surface area contributed by atoms with Crippen molar-refractivity contribution in [2.45, 2.75) is 19.8 Å². The van der Waals surface area contributed by atoms with E-state index in [9.17, 15) is 4.79 Å². The van der Waals surface area contributed by atoms with Crippen LogP contribution >= 0.6 is 0 Å². The summed E-state index contributed by atoms with van der Waals surface area (Å²) in [5.74, 6) is 0.494. The number of aldehydes is 1. The van der Waals surface area contributed by atoms with Crippen LogP contribution < -0.4 is 4.74 Å². The topological polar surface area (TPSA) is 57.7 Å². The van der Waals surface area contributed by atoms with Crippen molar-refractivity contribution >= 4 is 6.29 Å². The van der Waals surface area contributed by atoms with Crippen molar-refractivity contribution in [3.05, 3.63) is 23.9 Å². The number of unbranched alkanes of at least 4 members (excludes halogenated alkanes) is 1. The Labute approximate surface area is 113 Å². The first-order valence-electron chi connectivity index (χ1n) is 6.56. The minimum Gasteiger partial charge on any atom is -0.475 e. The highest BCUT2D eigenvalue weighted by atomic mass is 16.5. The van der Waals surface area contributed by atoms with E-state index in [1.54, 1.807) is 12.1 Å². The Balaban J connectivity index is 1.96. The first-order valence-corrected chi connectivity index (χ1v) is 6.56. The fourth-order valence-electron chi connectivity index (χ4n) is 1.32. The number of aromatic nitrogens is 1. The van der Waals surface area contributed by atoms with Crippen molar-refractivity contribution in [1.29, 1.82) is 0 Å². The van der Waals surface area contributed by atoms with Crippen LogP contribution in [0.5, 0.6) is 5.88 Å². The summed E-state index contributed by atoms with van der Waals surface area (Å²) in [5.41, 5.74) is 0.535. The predicted molar refractivity (Wildman–Crippen MR) is 71.7 cm³/mol. The Morgan fingerprint density at radius 1 is 1.11 bits per heavy atom. The average Bonchev–Trinajstić information content (AvgIpc) is 2.46. The highest BCUT2D eigenvalue weighted by Gasteiger charge is 1.96. The molecule has 0 spiro atoms. The standard InChI is InChI=1S/C14H21NO4/c1-2-3-6-17-7-8-18-9-10-19-14-5-4-13(12-16)11-15-14/h4-5,11-12H,2-3,6-10H2,1H3. The molecule has 0 aliphatic rings. The summed E-state index contributed by atoms with van der Waals surface area (Å²) in [6.45, 7) is 5.05. The minimum atomic E-state index is 0.433. The third-order valence-corrected chi connectivity index (χ3v) is 2.39. The molecule has 1 rings (SSSR count). The van der Waals surface area contributed by atoms with Gasteiger partial charge in [0.15, 0.2) is 6.29 Å². The maximum atomic E-state index is 10.4. The summed E-state index contributed by atoms with van der Waals surface area (Å²) in [5, 5.41) is 0. The molecule has 5 heteroatoms. The van der Waals surface area contributed by atoms with Crippen LogP contribution in [0.4, 0.5) is 0 Å². The highest BCUT2D eigenvalue weighted by Crippen LogP contribution is 2.05. The molecule has 106 valence electrons. The van der Waals surface area contributed by atoms with Crippen LogP contribution in [0, 0.1) is 0 Å². The van der Waals surface area contributed by atoms with Crippen molar-refractivity contribution in [2.24, 2.45) is 0 Å². The molecule has 19 heavy (non-hydrogen) atoms. The van der Waals surface area contributed by atoms with E-state index in [4.69, 9.17) is 14.2 Å². The van der Waals surface area contributed by atoms with Gasteiger partial charge < -0.3 is 14.2 Å². The van der Waals surface area contributed by atoms with Gasteiger partial charge in [-0.25, -0.2) is 4.98 Å².